The van der Waals surface area contributed by atoms with Crippen LogP contribution in [0.5, 0.6) is 0 Å². The molecule has 0 amide bonds. The van der Waals surface area contributed by atoms with E-state index in [-0.39, 0.29) is 0 Å². The maximum Gasteiger partial charge on any atom is 0.0781 e. The van der Waals surface area contributed by atoms with Crippen LogP contribution in [-0.4, -0.2) is 11.0 Å². The smallest absolute Gasteiger partial charge is 0.0781 e. The van der Waals surface area contributed by atoms with Gasteiger partial charge in [0.25, 0.3) is 0 Å². The summed E-state index contributed by atoms with van der Waals surface area (Å²) in [7, 11) is 0. The van der Waals surface area contributed by atoms with Crippen LogP contribution in [0.4, 0.5) is 0 Å². The minimum Gasteiger partial charge on any atom is -0.373 e. The highest BCUT2D eigenvalue weighted by Gasteiger charge is 2.16. The highest BCUT2D eigenvalue weighted by atomic mass is 32.1. The third kappa shape index (κ3) is 0.800. The Morgan fingerprint density at radius 2 is 2.57 bits per heavy atom. The zero-order valence-corrected chi connectivity index (χ0v) is 4.79. The molecule has 0 radical (unpaired) electrons. The molecule has 1 fully saturated rings. The summed E-state index contributed by atoms with van der Waals surface area (Å²) >= 11 is 4.77. The molecule has 0 aromatic carbocycles. The number of rotatable bonds is 1. The van der Waals surface area contributed by atoms with Gasteiger partial charge in [-0.05, 0) is 0 Å². The molecule has 0 spiro atoms. The molecule has 1 atom stereocenters. The first-order valence-electron chi connectivity index (χ1n) is 2.25. The van der Waals surface area contributed by atoms with Crippen molar-refractivity contribution in [3.05, 3.63) is 12.7 Å². The molecule has 0 bridgehead atoms. The van der Waals surface area contributed by atoms with Gasteiger partial charge in [-0.1, -0.05) is 18.3 Å². The van der Waals surface area contributed by atoms with Gasteiger partial charge in [0.2, 0.25) is 0 Å². The summed E-state index contributed by atoms with van der Waals surface area (Å²) < 4.78 is 0. The quantitative estimate of drug-likeness (QED) is 0.400. The van der Waals surface area contributed by atoms with Crippen molar-refractivity contribution >= 4 is 17.2 Å². The molecular formula is C5H7NS. The first kappa shape index (κ1) is 4.78. The van der Waals surface area contributed by atoms with E-state index in [1.807, 2.05) is 6.08 Å². The molecule has 1 N–H and O–H groups in total. The number of nitrogens with one attached hydrogen (secondary N) is 1. The van der Waals surface area contributed by atoms with E-state index in [4.69, 9.17) is 12.2 Å². The molecule has 0 aromatic heterocycles. The number of thiocarbonyl (C=S) groups is 1. The zero-order valence-electron chi connectivity index (χ0n) is 3.98. The summed E-state index contributed by atoms with van der Waals surface area (Å²) in [5.74, 6) is 0. The standard InChI is InChI=1S/C5H7NS/c1-2-4-3-5(7)6-4/h2,4H,1,3H2,(H,6,7). The van der Waals surface area contributed by atoms with Crippen molar-refractivity contribution in [2.75, 3.05) is 0 Å². The largest absolute Gasteiger partial charge is 0.373 e. The summed E-state index contributed by atoms with van der Waals surface area (Å²) in [6, 6.07) is 0.465. The number of hydrogen-bond acceptors (Lipinski definition) is 1. The minimum atomic E-state index is 0.465. The van der Waals surface area contributed by atoms with Crippen LogP contribution in [0.15, 0.2) is 12.7 Å². The average Bonchev–Trinajstić information content (AvgIpc) is 1.58. The van der Waals surface area contributed by atoms with Crippen LogP contribution in [-0.2, 0) is 0 Å². The maximum atomic E-state index is 4.77. The monoisotopic (exact) mass is 113 g/mol. The van der Waals surface area contributed by atoms with Gasteiger partial charge in [0, 0.05) is 6.42 Å². The fraction of sp³-hybridized carbons (Fsp3) is 0.400. The molecule has 38 valence electrons. The SMILES string of the molecule is C=CC1CC(=S)N1. The highest BCUT2D eigenvalue weighted by Crippen LogP contribution is 2.04. The van der Waals surface area contributed by atoms with Gasteiger partial charge in [0.1, 0.15) is 0 Å². The maximum absolute atomic E-state index is 4.77. The molecule has 0 saturated carbocycles. The number of hydrogen-bond donors (Lipinski definition) is 1. The first-order valence-corrected chi connectivity index (χ1v) is 2.65. The topological polar surface area (TPSA) is 12.0 Å². The van der Waals surface area contributed by atoms with Crippen LogP contribution in [0.3, 0.4) is 0 Å². The van der Waals surface area contributed by atoms with E-state index in [2.05, 4.69) is 11.9 Å². The van der Waals surface area contributed by atoms with E-state index >= 15 is 0 Å². The lowest BCUT2D eigenvalue weighted by Gasteiger charge is -2.26. The fourth-order valence-corrected chi connectivity index (χ4v) is 0.859. The molecular weight excluding hydrogens is 106 g/mol. The van der Waals surface area contributed by atoms with Crippen LogP contribution in [0.1, 0.15) is 6.42 Å². The summed E-state index contributed by atoms with van der Waals surface area (Å²) in [4.78, 5) is 0.963. The van der Waals surface area contributed by atoms with Crippen molar-refractivity contribution in [1.82, 2.24) is 5.32 Å². The Morgan fingerprint density at radius 3 is 2.71 bits per heavy atom. The second kappa shape index (κ2) is 1.62. The van der Waals surface area contributed by atoms with Gasteiger partial charge >= 0.3 is 0 Å². The van der Waals surface area contributed by atoms with Gasteiger partial charge in [-0.3, -0.25) is 0 Å². The van der Waals surface area contributed by atoms with E-state index in [0.717, 1.165) is 11.4 Å². The van der Waals surface area contributed by atoms with Gasteiger partial charge in [0.05, 0.1) is 11.0 Å². The second-order valence-corrected chi connectivity index (χ2v) is 2.11. The van der Waals surface area contributed by atoms with Gasteiger partial charge in [-0.15, -0.1) is 6.58 Å². The normalized spacial score (nSPS) is 28.0. The predicted molar refractivity (Wildman–Crippen MR) is 34.3 cm³/mol. The Bertz CT molecular complexity index is 101. The zero-order chi connectivity index (χ0) is 5.28. The van der Waals surface area contributed by atoms with E-state index < -0.39 is 0 Å². The van der Waals surface area contributed by atoms with E-state index in [1.165, 1.54) is 0 Å². The molecule has 1 aliphatic rings. The van der Waals surface area contributed by atoms with Gasteiger partial charge in [0.15, 0.2) is 0 Å². The second-order valence-electron chi connectivity index (χ2n) is 1.61. The van der Waals surface area contributed by atoms with Crippen molar-refractivity contribution < 1.29 is 0 Å². The molecule has 1 nitrogen and oxygen atoms in total. The Labute approximate surface area is 48.4 Å². The Morgan fingerprint density at radius 1 is 2.00 bits per heavy atom. The molecule has 2 heteroatoms. The lowest BCUT2D eigenvalue weighted by Crippen LogP contribution is -2.45. The van der Waals surface area contributed by atoms with Crippen molar-refractivity contribution in [2.24, 2.45) is 0 Å². The molecule has 1 rings (SSSR count). The third-order valence-electron chi connectivity index (χ3n) is 1.04. The summed E-state index contributed by atoms with van der Waals surface area (Å²) in [6.45, 7) is 3.60. The third-order valence-corrected chi connectivity index (χ3v) is 1.32. The molecule has 0 aliphatic carbocycles. The van der Waals surface area contributed by atoms with Gasteiger partial charge < -0.3 is 5.32 Å². The Kier molecular flexibility index (Phi) is 1.11. The first-order chi connectivity index (χ1) is 3.33. The van der Waals surface area contributed by atoms with Crippen molar-refractivity contribution in [3.63, 3.8) is 0 Å². The molecule has 1 heterocycles. The lowest BCUT2D eigenvalue weighted by atomic mass is 10.1. The molecule has 0 aromatic rings. The molecule has 1 saturated heterocycles. The van der Waals surface area contributed by atoms with E-state index in [9.17, 15) is 0 Å². The van der Waals surface area contributed by atoms with Crippen molar-refractivity contribution in [1.29, 1.82) is 0 Å². The van der Waals surface area contributed by atoms with Crippen LogP contribution in [0.2, 0.25) is 0 Å². The predicted octanol–water partition coefficient (Wildman–Crippen LogP) is 0.862. The van der Waals surface area contributed by atoms with Crippen LogP contribution >= 0.6 is 12.2 Å². The molecule has 7 heavy (non-hydrogen) atoms. The van der Waals surface area contributed by atoms with Crippen LogP contribution in [0, 0.1) is 0 Å². The minimum absolute atomic E-state index is 0.465. The summed E-state index contributed by atoms with van der Waals surface area (Å²) in [6.07, 6.45) is 2.87. The van der Waals surface area contributed by atoms with E-state index in [1.54, 1.807) is 0 Å². The van der Waals surface area contributed by atoms with Crippen LogP contribution in [0.25, 0.3) is 0 Å². The molecule has 1 unspecified atom stereocenters. The Hall–Kier alpha value is -0.370. The summed E-state index contributed by atoms with van der Waals surface area (Å²) in [5.41, 5.74) is 0. The van der Waals surface area contributed by atoms with Crippen LogP contribution < -0.4 is 5.32 Å². The average molecular weight is 113 g/mol. The highest BCUT2D eigenvalue weighted by molar-refractivity contribution is 7.80. The lowest BCUT2D eigenvalue weighted by molar-refractivity contribution is 0.669. The molecule has 1 aliphatic heterocycles. The van der Waals surface area contributed by atoms with E-state index in [0.29, 0.717) is 6.04 Å². The van der Waals surface area contributed by atoms with Crippen molar-refractivity contribution in [3.8, 4) is 0 Å². The summed E-state index contributed by atoms with van der Waals surface area (Å²) in [5, 5.41) is 3.01. The van der Waals surface area contributed by atoms with Crippen molar-refractivity contribution in [2.45, 2.75) is 12.5 Å². The Balaban J connectivity index is 2.29. The fourth-order valence-electron chi connectivity index (χ4n) is 0.528. The van der Waals surface area contributed by atoms with Gasteiger partial charge in [-0.2, -0.15) is 0 Å². The van der Waals surface area contributed by atoms with Gasteiger partial charge in [-0.25, -0.2) is 0 Å².